The fourth-order valence-electron chi connectivity index (χ4n) is 5.42. The van der Waals surface area contributed by atoms with Gasteiger partial charge in [0.1, 0.15) is 18.0 Å². The Morgan fingerprint density at radius 1 is 1.23 bits per heavy atom. The average Bonchev–Trinajstić information content (AvgIpc) is 2.87. The van der Waals surface area contributed by atoms with E-state index in [1.165, 1.54) is 30.2 Å². The number of fused-ring (bicyclic) bond motifs is 2. The summed E-state index contributed by atoms with van der Waals surface area (Å²) in [6, 6.07) is 12.6. The fourth-order valence-corrected chi connectivity index (χ4v) is 5.61. The van der Waals surface area contributed by atoms with E-state index in [4.69, 9.17) is 16.3 Å². The minimum Gasteiger partial charge on any atom is -0.443 e. The van der Waals surface area contributed by atoms with Crippen molar-refractivity contribution in [3.8, 4) is 11.1 Å². The van der Waals surface area contributed by atoms with Crippen LogP contribution >= 0.6 is 11.6 Å². The van der Waals surface area contributed by atoms with Crippen LogP contribution in [0.3, 0.4) is 0 Å². The molecule has 1 amide bonds. The molecule has 2 aromatic rings. The van der Waals surface area contributed by atoms with Crippen LogP contribution in [0, 0.1) is 5.82 Å². The van der Waals surface area contributed by atoms with Gasteiger partial charge in [0.25, 0.3) is 0 Å². The first-order valence-corrected chi connectivity index (χ1v) is 10.9. The third kappa shape index (κ3) is 3.48. The number of piperidine rings is 1. The Morgan fingerprint density at radius 3 is 2.77 bits per heavy atom. The number of hydrogen-bond donors (Lipinski definition) is 0. The zero-order chi connectivity index (χ0) is 21.5. The van der Waals surface area contributed by atoms with Crippen molar-refractivity contribution in [2.24, 2.45) is 0 Å². The van der Waals surface area contributed by atoms with Gasteiger partial charge < -0.3 is 9.22 Å². The number of nitrogens with zero attached hydrogens (tertiary/aromatic N) is 2. The van der Waals surface area contributed by atoms with Crippen LogP contribution in [0.15, 0.2) is 42.5 Å². The second kappa shape index (κ2) is 7.86. The lowest BCUT2D eigenvalue weighted by Gasteiger charge is -2.49. The highest BCUT2D eigenvalue weighted by Crippen LogP contribution is 2.48. The first-order valence-electron chi connectivity index (χ1n) is 10.5. The molecular weight excluding hydrogens is 403 g/mol. The van der Waals surface area contributed by atoms with Crippen molar-refractivity contribution in [3.63, 3.8) is 0 Å². The predicted octanol–water partition coefficient (Wildman–Crippen LogP) is 5.88. The molecule has 0 radical (unpaired) electrons. The van der Waals surface area contributed by atoms with Crippen molar-refractivity contribution in [2.75, 3.05) is 32.6 Å². The smallest absolute Gasteiger partial charge is 0.414 e. The van der Waals surface area contributed by atoms with Gasteiger partial charge in [0, 0.05) is 36.9 Å². The summed E-state index contributed by atoms with van der Waals surface area (Å²) < 4.78 is 21.5. The Bertz CT molecular complexity index is 960. The lowest BCUT2D eigenvalue weighted by Crippen LogP contribution is -2.63. The summed E-state index contributed by atoms with van der Waals surface area (Å²) in [6.07, 6.45) is 5.17. The standard InChI is InChI=1S/C24H29ClFN2O2/c1-27(22-20(10-5-11-21(22)26)17-7-4-8-18(25)15-17)23(29)30-16-24-13-6-9-19(12-14-24)28(24,2)3/h4-5,7-8,10-11,15,19H,6,9,12-14,16H2,1-3H3/q+1/t19-,24+/m1/s1. The van der Waals surface area contributed by atoms with E-state index in [-0.39, 0.29) is 11.2 Å². The second-order valence-electron chi connectivity index (χ2n) is 9.11. The molecule has 0 unspecified atom stereocenters. The lowest BCUT2D eigenvalue weighted by molar-refractivity contribution is -0.956. The van der Waals surface area contributed by atoms with Crippen molar-refractivity contribution < 1.29 is 18.4 Å². The summed E-state index contributed by atoms with van der Waals surface area (Å²) in [7, 11) is 6.07. The highest BCUT2D eigenvalue weighted by Gasteiger charge is 2.58. The molecule has 2 fully saturated rings. The van der Waals surface area contributed by atoms with Gasteiger partial charge >= 0.3 is 6.09 Å². The first kappa shape index (κ1) is 21.1. The van der Waals surface area contributed by atoms with Gasteiger partial charge in [0.2, 0.25) is 0 Å². The maximum absolute atomic E-state index is 14.8. The molecule has 2 aliphatic heterocycles. The van der Waals surface area contributed by atoms with Gasteiger partial charge in [-0.25, -0.2) is 9.18 Å². The maximum Gasteiger partial charge on any atom is 0.414 e. The number of rotatable bonds is 4. The largest absolute Gasteiger partial charge is 0.443 e. The topological polar surface area (TPSA) is 29.5 Å². The third-order valence-electron chi connectivity index (χ3n) is 7.45. The molecule has 2 bridgehead atoms. The van der Waals surface area contributed by atoms with Gasteiger partial charge in [0.05, 0.1) is 25.8 Å². The molecule has 4 rings (SSSR count). The SMILES string of the molecule is CN(C(=O)OC[C@]12CCC[C@H](CC1)[N+]2(C)C)c1c(F)cccc1-c1cccc(Cl)c1. The van der Waals surface area contributed by atoms with Gasteiger partial charge in [-0.1, -0.05) is 35.9 Å². The summed E-state index contributed by atoms with van der Waals surface area (Å²) in [6.45, 7) is 0.362. The number of amides is 1. The van der Waals surface area contributed by atoms with Crippen LogP contribution in [-0.4, -0.2) is 49.9 Å². The van der Waals surface area contributed by atoms with Crippen LogP contribution in [-0.2, 0) is 4.74 Å². The van der Waals surface area contributed by atoms with E-state index in [9.17, 15) is 9.18 Å². The highest BCUT2D eigenvalue weighted by atomic mass is 35.5. The predicted molar refractivity (Wildman–Crippen MR) is 118 cm³/mol. The summed E-state index contributed by atoms with van der Waals surface area (Å²) in [4.78, 5) is 14.3. The molecule has 0 aromatic heterocycles. The molecule has 2 saturated heterocycles. The summed E-state index contributed by atoms with van der Waals surface area (Å²) >= 11 is 6.13. The van der Waals surface area contributed by atoms with Gasteiger partial charge in [-0.3, -0.25) is 4.90 Å². The molecular formula is C24H29ClFN2O2+. The third-order valence-corrected chi connectivity index (χ3v) is 7.69. The van der Waals surface area contributed by atoms with Crippen LogP contribution in [0.4, 0.5) is 14.9 Å². The molecule has 2 heterocycles. The number of anilines is 1. The van der Waals surface area contributed by atoms with Crippen LogP contribution in [0.2, 0.25) is 5.02 Å². The number of benzene rings is 2. The lowest BCUT2D eigenvalue weighted by atomic mass is 9.87. The van der Waals surface area contributed by atoms with E-state index >= 15 is 0 Å². The highest BCUT2D eigenvalue weighted by molar-refractivity contribution is 6.30. The monoisotopic (exact) mass is 431 g/mol. The second-order valence-corrected chi connectivity index (χ2v) is 9.55. The molecule has 0 aliphatic carbocycles. The van der Waals surface area contributed by atoms with Crippen LogP contribution in [0.25, 0.3) is 11.1 Å². The van der Waals surface area contributed by atoms with Gasteiger partial charge in [-0.15, -0.1) is 0 Å². The molecule has 2 aliphatic rings. The minimum atomic E-state index is -0.535. The van der Waals surface area contributed by atoms with Gasteiger partial charge in [-0.05, 0) is 36.6 Å². The van der Waals surface area contributed by atoms with Gasteiger partial charge in [0.15, 0.2) is 0 Å². The molecule has 2 aromatic carbocycles. The van der Waals surface area contributed by atoms with Crippen LogP contribution in [0.1, 0.15) is 32.1 Å². The molecule has 0 saturated carbocycles. The Morgan fingerprint density at radius 2 is 2.00 bits per heavy atom. The molecule has 30 heavy (non-hydrogen) atoms. The maximum atomic E-state index is 14.8. The van der Waals surface area contributed by atoms with E-state index in [1.807, 2.05) is 12.1 Å². The normalized spacial score (nSPS) is 24.5. The molecule has 160 valence electrons. The Hall–Kier alpha value is -2.11. The number of hydrogen-bond acceptors (Lipinski definition) is 2. The summed E-state index contributed by atoms with van der Waals surface area (Å²) in [5.41, 5.74) is 1.51. The number of carbonyl (C=O) groups is 1. The van der Waals surface area contributed by atoms with Crippen molar-refractivity contribution in [2.45, 2.75) is 43.7 Å². The minimum absolute atomic E-state index is 0.0373. The van der Waals surface area contributed by atoms with E-state index < -0.39 is 11.9 Å². The van der Waals surface area contributed by atoms with Gasteiger partial charge in [-0.2, -0.15) is 0 Å². The van der Waals surface area contributed by atoms with E-state index in [1.54, 1.807) is 31.3 Å². The van der Waals surface area contributed by atoms with Crippen LogP contribution in [0.5, 0.6) is 0 Å². The Labute approximate surface area is 182 Å². The van der Waals surface area contributed by atoms with Crippen molar-refractivity contribution in [1.29, 1.82) is 0 Å². The zero-order valence-corrected chi connectivity index (χ0v) is 18.6. The van der Waals surface area contributed by atoms with Crippen molar-refractivity contribution in [3.05, 3.63) is 53.3 Å². The molecule has 6 heteroatoms. The molecule has 4 nitrogen and oxygen atoms in total. The quantitative estimate of drug-likeness (QED) is 0.565. The number of likely N-dealkylation sites (N-methyl/N-ethyl adjacent to an activating group) is 1. The fraction of sp³-hybridized carbons (Fsp3) is 0.458. The van der Waals surface area contributed by atoms with Crippen molar-refractivity contribution >= 4 is 23.4 Å². The number of carbonyl (C=O) groups excluding carboxylic acids is 1. The zero-order valence-electron chi connectivity index (χ0n) is 17.8. The van der Waals surface area contributed by atoms with Crippen molar-refractivity contribution in [1.82, 2.24) is 0 Å². The Balaban J connectivity index is 1.57. The van der Waals surface area contributed by atoms with E-state index in [0.29, 0.717) is 23.2 Å². The van der Waals surface area contributed by atoms with E-state index in [2.05, 4.69) is 14.1 Å². The summed E-state index contributed by atoms with van der Waals surface area (Å²) in [5.74, 6) is -0.472. The number of halogens is 2. The Kier molecular flexibility index (Phi) is 5.54. The molecule has 2 atom stereocenters. The molecule has 0 N–H and O–H groups in total. The van der Waals surface area contributed by atoms with E-state index in [0.717, 1.165) is 22.9 Å². The average molecular weight is 432 g/mol. The van der Waals surface area contributed by atoms with Crippen LogP contribution < -0.4 is 4.90 Å². The summed E-state index contributed by atoms with van der Waals surface area (Å²) in [5, 5.41) is 0.556. The number of ether oxygens (including phenoxy) is 1. The number of para-hydroxylation sites is 1. The molecule has 0 spiro atoms. The number of quaternary nitrogens is 1. The first-order chi connectivity index (χ1) is 14.2.